The molecule has 0 unspecified atom stereocenters. The highest BCUT2D eigenvalue weighted by Crippen LogP contribution is 2.36. The fourth-order valence-electron chi connectivity index (χ4n) is 2.28. The summed E-state index contributed by atoms with van der Waals surface area (Å²) in [5, 5.41) is 0. The number of rotatable bonds is 2. The first-order valence-electron chi connectivity index (χ1n) is 5.73. The third-order valence-corrected chi connectivity index (χ3v) is 3.49. The molecule has 0 bridgehead atoms. The van der Waals surface area contributed by atoms with Crippen molar-refractivity contribution in [1.82, 2.24) is 0 Å². The van der Waals surface area contributed by atoms with E-state index in [4.69, 9.17) is 10.5 Å². The van der Waals surface area contributed by atoms with Crippen molar-refractivity contribution in [2.45, 2.75) is 37.8 Å². The molecule has 2 nitrogen and oxygen atoms in total. The van der Waals surface area contributed by atoms with Crippen LogP contribution >= 0.6 is 0 Å². The van der Waals surface area contributed by atoms with E-state index in [1.807, 2.05) is 0 Å². The van der Waals surface area contributed by atoms with Crippen LogP contribution in [0.4, 0.5) is 0 Å². The van der Waals surface area contributed by atoms with Gasteiger partial charge in [0.2, 0.25) is 0 Å². The molecular weight excluding hydrogens is 186 g/mol. The zero-order chi connectivity index (χ0) is 10.3. The Balaban J connectivity index is 1.84. The molecule has 15 heavy (non-hydrogen) atoms. The fraction of sp³-hybridized carbons (Fsp3) is 0.538. The number of benzene rings is 1. The zero-order valence-corrected chi connectivity index (χ0v) is 8.96. The Hall–Kier alpha value is -0.860. The Morgan fingerprint density at radius 3 is 2.93 bits per heavy atom. The van der Waals surface area contributed by atoms with E-state index < -0.39 is 0 Å². The molecule has 2 aliphatic rings. The highest BCUT2D eigenvalue weighted by molar-refractivity contribution is 5.34. The van der Waals surface area contributed by atoms with Crippen molar-refractivity contribution < 1.29 is 4.74 Å². The minimum atomic E-state index is 0.115. The summed E-state index contributed by atoms with van der Waals surface area (Å²) in [7, 11) is 0. The zero-order valence-electron chi connectivity index (χ0n) is 8.96. The minimum absolute atomic E-state index is 0.115. The smallest absolute Gasteiger partial charge is 0.0719 e. The molecule has 0 saturated heterocycles. The largest absolute Gasteiger partial charge is 0.376 e. The van der Waals surface area contributed by atoms with Crippen molar-refractivity contribution >= 4 is 0 Å². The first-order chi connectivity index (χ1) is 7.25. The van der Waals surface area contributed by atoms with E-state index in [0.29, 0.717) is 0 Å². The number of hydrogen-bond acceptors (Lipinski definition) is 2. The maximum Gasteiger partial charge on any atom is 0.0719 e. The summed E-state index contributed by atoms with van der Waals surface area (Å²) in [6.07, 6.45) is 4.45. The molecule has 80 valence electrons. The molecule has 0 spiro atoms. The van der Waals surface area contributed by atoms with Crippen LogP contribution in [0.15, 0.2) is 18.2 Å². The van der Waals surface area contributed by atoms with Crippen molar-refractivity contribution in [3.05, 3.63) is 34.9 Å². The van der Waals surface area contributed by atoms with Crippen LogP contribution in [-0.2, 0) is 24.2 Å². The number of fused-ring (bicyclic) bond motifs is 1. The summed E-state index contributed by atoms with van der Waals surface area (Å²) in [5.74, 6) is 0. The fourth-order valence-corrected chi connectivity index (χ4v) is 2.28. The van der Waals surface area contributed by atoms with Crippen LogP contribution in [0, 0.1) is 0 Å². The van der Waals surface area contributed by atoms with Gasteiger partial charge in [0, 0.05) is 5.54 Å². The first-order valence-corrected chi connectivity index (χ1v) is 5.73. The monoisotopic (exact) mass is 203 g/mol. The van der Waals surface area contributed by atoms with Crippen molar-refractivity contribution in [1.29, 1.82) is 0 Å². The molecule has 1 fully saturated rings. The lowest BCUT2D eigenvalue weighted by molar-refractivity contribution is 0.110. The lowest BCUT2D eigenvalue weighted by Gasteiger charge is -2.18. The summed E-state index contributed by atoms with van der Waals surface area (Å²) in [4.78, 5) is 0. The van der Waals surface area contributed by atoms with Crippen LogP contribution in [-0.4, -0.2) is 12.1 Å². The summed E-state index contributed by atoms with van der Waals surface area (Å²) >= 11 is 0. The maximum absolute atomic E-state index is 6.12. The van der Waals surface area contributed by atoms with Gasteiger partial charge in [0.15, 0.2) is 0 Å². The van der Waals surface area contributed by atoms with E-state index in [1.165, 1.54) is 29.5 Å². The highest BCUT2D eigenvalue weighted by atomic mass is 16.5. The molecule has 0 radical (unpaired) electrons. The number of nitrogens with two attached hydrogens (primary N) is 1. The molecule has 2 N–H and O–H groups in total. The van der Waals surface area contributed by atoms with E-state index in [2.05, 4.69) is 18.2 Å². The second-order valence-corrected chi connectivity index (χ2v) is 4.94. The lowest BCUT2D eigenvalue weighted by Crippen LogP contribution is -2.24. The van der Waals surface area contributed by atoms with E-state index in [9.17, 15) is 0 Å². The molecule has 1 aliphatic heterocycles. The predicted molar refractivity (Wildman–Crippen MR) is 59.7 cm³/mol. The molecule has 1 heterocycles. The van der Waals surface area contributed by atoms with E-state index in [0.717, 1.165) is 26.1 Å². The van der Waals surface area contributed by atoms with Gasteiger partial charge in [-0.25, -0.2) is 0 Å². The van der Waals surface area contributed by atoms with Crippen molar-refractivity contribution in [2.75, 3.05) is 6.61 Å². The van der Waals surface area contributed by atoms with Gasteiger partial charge in [-0.3, -0.25) is 0 Å². The Kier molecular flexibility index (Phi) is 2.08. The van der Waals surface area contributed by atoms with Crippen LogP contribution in [0.25, 0.3) is 0 Å². The van der Waals surface area contributed by atoms with Crippen molar-refractivity contribution in [3.8, 4) is 0 Å². The molecule has 1 aromatic rings. The van der Waals surface area contributed by atoms with Gasteiger partial charge in [0.25, 0.3) is 0 Å². The first kappa shape index (κ1) is 9.37. The number of hydrogen-bond donors (Lipinski definition) is 1. The van der Waals surface area contributed by atoms with Gasteiger partial charge < -0.3 is 10.5 Å². The normalized spacial score (nSPS) is 22.2. The summed E-state index contributed by atoms with van der Waals surface area (Å²) in [5.41, 5.74) is 10.4. The van der Waals surface area contributed by atoms with Crippen LogP contribution in [0.1, 0.15) is 29.5 Å². The molecule has 0 amide bonds. The summed E-state index contributed by atoms with van der Waals surface area (Å²) in [6.45, 7) is 1.65. The average Bonchev–Trinajstić information content (AvgIpc) is 2.96. The highest BCUT2D eigenvalue weighted by Gasteiger charge is 2.37. The second-order valence-electron chi connectivity index (χ2n) is 4.94. The van der Waals surface area contributed by atoms with Gasteiger partial charge in [-0.15, -0.1) is 0 Å². The quantitative estimate of drug-likeness (QED) is 0.795. The van der Waals surface area contributed by atoms with E-state index >= 15 is 0 Å². The van der Waals surface area contributed by atoms with Gasteiger partial charge in [-0.05, 0) is 42.4 Å². The van der Waals surface area contributed by atoms with E-state index in [-0.39, 0.29) is 5.54 Å². The van der Waals surface area contributed by atoms with Crippen LogP contribution in [0.3, 0.4) is 0 Å². The van der Waals surface area contributed by atoms with Crippen molar-refractivity contribution in [2.24, 2.45) is 5.73 Å². The van der Waals surface area contributed by atoms with E-state index in [1.54, 1.807) is 0 Å². The van der Waals surface area contributed by atoms with Crippen LogP contribution in [0.5, 0.6) is 0 Å². The SMILES string of the molecule is NC1(Cc2ccc3c(c2)COCC3)CC1. The molecule has 0 aromatic heterocycles. The lowest BCUT2D eigenvalue weighted by atomic mass is 9.97. The van der Waals surface area contributed by atoms with Gasteiger partial charge in [0.1, 0.15) is 0 Å². The van der Waals surface area contributed by atoms with Crippen LogP contribution in [0.2, 0.25) is 0 Å². The van der Waals surface area contributed by atoms with Crippen LogP contribution < -0.4 is 5.73 Å². The van der Waals surface area contributed by atoms with Gasteiger partial charge in [0.05, 0.1) is 13.2 Å². The maximum atomic E-state index is 6.12. The summed E-state index contributed by atoms with van der Waals surface area (Å²) in [6, 6.07) is 6.76. The summed E-state index contributed by atoms with van der Waals surface area (Å²) < 4.78 is 5.47. The third-order valence-electron chi connectivity index (χ3n) is 3.49. The van der Waals surface area contributed by atoms with Gasteiger partial charge in [-0.1, -0.05) is 18.2 Å². The molecule has 3 rings (SSSR count). The predicted octanol–water partition coefficient (Wildman–Crippen LogP) is 1.79. The topological polar surface area (TPSA) is 35.2 Å². The molecule has 2 heteroatoms. The van der Waals surface area contributed by atoms with Gasteiger partial charge >= 0.3 is 0 Å². The Labute approximate surface area is 90.4 Å². The number of ether oxygens (including phenoxy) is 1. The molecule has 1 aromatic carbocycles. The second kappa shape index (κ2) is 3.32. The Morgan fingerprint density at radius 1 is 1.27 bits per heavy atom. The average molecular weight is 203 g/mol. The molecule has 1 aliphatic carbocycles. The van der Waals surface area contributed by atoms with Crippen molar-refractivity contribution in [3.63, 3.8) is 0 Å². The molecule has 0 atom stereocenters. The molecular formula is C13H17NO. The Bertz CT molecular complexity index is 382. The minimum Gasteiger partial charge on any atom is -0.376 e. The van der Waals surface area contributed by atoms with Gasteiger partial charge in [-0.2, -0.15) is 0 Å². The standard InChI is InChI=1S/C13H17NO/c14-13(4-5-13)8-10-1-2-11-3-6-15-9-12(11)7-10/h1-2,7H,3-6,8-9,14H2. The Morgan fingerprint density at radius 2 is 2.13 bits per heavy atom. The third kappa shape index (κ3) is 1.92. The molecule has 1 saturated carbocycles.